The van der Waals surface area contributed by atoms with Crippen molar-refractivity contribution in [2.75, 3.05) is 0 Å². The van der Waals surface area contributed by atoms with E-state index in [2.05, 4.69) is 18.0 Å². The third-order valence-corrected chi connectivity index (χ3v) is 3.02. The second-order valence-corrected chi connectivity index (χ2v) is 4.17. The van der Waals surface area contributed by atoms with Gasteiger partial charge in [-0.1, -0.05) is 38.0 Å². The summed E-state index contributed by atoms with van der Waals surface area (Å²) >= 11 is 0. The van der Waals surface area contributed by atoms with E-state index in [0.717, 1.165) is 24.8 Å². The van der Waals surface area contributed by atoms with E-state index < -0.39 is 0 Å². The number of unbranched alkanes of at least 4 members (excludes halogenated alkanes) is 1. The topological polar surface area (TPSA) is 12.4 Å². The molecule has 1 aromatic carbocycles. The predicted molar refractivity (Wildman–Crippen MR) is 65.2 cm³/mol. The molecule has 1 heterocycles. The Bertz CT molecular complexity index is 391. The lowest BCUT2D eigenvalue weighted by molar-refractivity contribution is 0.495. The highest BCUT2D eigenvalue weighted by Crippen LogP contribution is 2.35. The molecule has 2 rings (SSSR count). The van der Waals surface area contributed by atoms with Crippen LogP contribution in [0.2, 0.25) is 0 Å². The minimum Gasteiger partial charge on any atom is -0.278 e. The Morgan fingerprint density at radius 1 is 1.25 bits per heavy atom. The lowest BCUT2D eigenvalue weighted by atomic mass is 9.86. The SMILES string of the molecule is CCCCC1(c2ccc(F)cc2)C=CC=N1. The number of nitrogens with zero attached hydrogens (tertiary/aromatic N) is 1. The number of aliphatic imine (C=N–C) groups is 1. The summed E-state index contributed by atoms with van der Waals surface area (Å²) in [6.07, 6.45) is 9.17. The molecule has 0 amide bonds. The molecule has 1 nitrogen and oxygen atoms in total. The largest absolute Gasteiger partial charge is 0.278 e. The van der Waals surface area contributed by atoms with Gasteiger partial charge in [-0.3, -0.25) is 4.99 Å². The highest BCUT2D eigenvalue weighted by atomic mass is 19.1. The van der Waals surface area contributed by atoms with E-state index in [1.165, 1.54) is 12.1 Å². The summed E-state index contributed by atoms with van der Waals surface area (Å²) < 4.78 is 12.9. The predicted octanol–water partition coefficient (Wildman–Crippen LogP) is 3.85. The fourth-order valence-corrected chi connectivity index (χ4v) is 2.07. The fourth-order valence-electron chi connectivity index (χ4n) is 2.07. The maximum Gasteiger partial charge on any atom is 0.123 e. The molecule has 0 radical (unpaired) electrons. The van der Waals surface area contributed by atoms with Gasteiger partial charge in [-0.25, -0.2) is 4.39 Å². The van der Waals surface area contributed by atoms with Crippen molar-refractivity contribution in [2.45, 2.75) is 31.7 Å². The molecular formula is C14H16FN. The Morgan fingerprint density at radius 2 is 2.00 bits per heavy atom. The second kappa shape index (κ2) is 4.60. The molecule has 0 saturated carbocycles. The van der Waals surface area contributed by atoms with Crippen LogP contribution >= 0.6 is 0 Å². The summed E-state index contributed by atoms with van der Waals surface area (Å²) in [4.78, 5) is 4.55. The van der Waals surface area contributed by atoms with E-state index in [9.17, 15) is 4.39 Å². The van der Waals surface area contributed by atoms with Crippen molar-refractivity contribution in [1.29, 1.82) is 0 Å². The van der Waals surface area contributed by atoms with Gasteiger partial charge in [-0.2, -0.15) is 0 Å². The van der Waals surface area contributed by atoms with Gasteiger partial charge >= 0.3 is 0 Å². The van der Waals surface area contributed by atoms with E-state index >= 15 is 0 Å². The van der Waals surface area contributed by atoms with Crippen molar-refractivity contribution in [3.05, 3.63) is 47.8 Å². The van der Waals surface area contributed by atoms with Gasteiger partial charge in [0.1, 0.15) is 11.4 Å². The molecule has 0 aromatic heterocycles. The second-order valence-electron chi connectivity index (χ2n) is 4.17. The summed E-state index contributed by atoms with van der Waals surface area (Å²) in [6, 6.07) is 6.67. The number of allylic oxidation sites excluding steroid dienone is 1. The van der Waals surface area contributed by atoms with Crippen LogP contribution in [0.25, 0.3) is 0 Å². The summed E-state index contributed by atoms with van der Waals surface area (Å²) in [5.74, 6) is -0.194. The van der Waals surface area contributed by atoms with E-state index in [-0.39, 0.29) is 11.4 Å². The van der Waals surface area contributed by atoms with Crippen LogP contribution in [-0.2, 0) is 5.54 Å². The molecule has 0 saturated heterocycles. The smallest absolute Gasteiger partial charge is 0.123 e. The highest BCUT2D eigenvalue weighted by Gasteiger charge is 2.29. The van der Waals surface area contributed by atoms with Crippen molar-refractivity contribution in [1.82, 2.24) is 0 Å². The van der Waals surface area contributed by atoms with Crippen LogP contribution in [0.3, 0.4) is 0 Å². The molecule has 1 aliphatic heterocycles. The van der Waals surface area contributed by atoms with Crippen LogP contribution in [0.15, 0.2) is 41.4 Å². The first-order valence-corrected chi connectivity index (χ1v) is 5.76. The van der Waals surface area contributed by atoms with Crippen molar-refractivity contribution in [3.63, 3.8) is 0 Å². The number of halogens is 1. The Labute approximate surface area is 95.7 Å². The molecule has 0 spiro atoms. The Morgan fingerprint density at radius 3 is 2.56 bits per heavy atom. The van der Waals surface area contributed by atoms with Gasteiger partial charge in [0.25, 0.3) is 0 Å². The van der Waals surface area contributed by atoms with Gasteiger partial charge in [0.15, 0.2) is 0 Å². The zero-order valence-electron chi connectivity index (χ0n) is 9.49. The van der Waals surface area contributed by atoms with Crippen molar-refractivity contribution in [3.8, 4) is 0 Å². The Balaban J connectivity index is 2.29. The van der Waals surface area contributed by atoms with E-state index in [4.69, 9.17) is 0 Å². The molecule has 84 valence electrons. The van der Waals surface area contributed by atoms with Gasteiger partial charge < -0.3 is 0 Å². The number of hydrogen-bond donors (Lipinski definition) is 0. The van der Waals surface area contributed by atoms with Gasteiger partial charge in [-0.05, 0) is 30.2 Å². The lowest BCUT2D eigenvalue weighted by Crippen LogP contribution is -2.18. The highest BCUT2D eigenvalue weighted by molar-refractivity contribution is 5.75. The monoisotopic (exact) mass is 217 g/mol. The lowest BCUT2D eigenvalue weighted by Gasteiger charge is -2.24. The van der Waals surface area contributed by atoms with Crippen LogP contribution in [-0.4, -0.2) is 6.21 Å². The van der Waals surface area contributed by atoms with Gasteiger partial charge in [0, 0.05) is 6.21 Å². The van der Waals surface area contributed by atoms with Crippen molar-refractivity contribution < 1.29 is 4.39 Å². The summed E-state index contributed by atoms with van der Waals surface area (Å²) in [6.45, 7) is 2.17. The first-order chi connectivity index (χ1) is 7.77. The third-order valence-electron chi connectivity index (χ3n) is 3.02. The van der Waals surface area contributed by atoms with Crippen LogP contribution in [0.5, 0.6) is 0 Å². The molecule has 1 aliphatic rings. The molecule has 0 N–H and O–H groups in total. The third kappa shape index (κ3) is 2.06. The van der Waals surface area contributed by atoms with Crippen LogP contribution in [0.1, 0.15) is 31.7 Å². The van der Waals surface area contributed by atoms with Crippen LogP contribution in [0.4, 0.5) is 4.39 Å². The molecule has 16 heavy (non-hydrogen) atoms. The number of benzene rings is 1. The normalized spacial score (nSPS) is 22.9. The van der Waals surface area contributed by atoms with Crippen LogP contribution < -0.4 is 0 Å². The average molecular weight is 217 g/mol. The standard InChI is InChI=1S/C14H16FN/c1-2-3-9-14(10-4-11-16-14)12-5-7-13(15)8-6-12/h4-8,10-11H,2-3,9H2,1H3. The van der Waals surface area contributed by atoms with Crippen molar-refractivity contribution in [2.24, 2.45) is 4.99 Å². The summed E-state index contributed by atoms with van der Waals surface area (Å²) in [5.41, 5.74) is 0.830. The Hall–Kier alpha value is -1.44. The maximum atomic E-state index is 12.9. The van der Waals surface area contributed by atoms with Crippen LogP contribution in [0, 0.1) is 5.82 Å². The van der Waals surface area contributed by atoms with E-state index in [1.54, 1.807) is 0 Å². The first kappa shape index (κ1) is 11.1. The molecular weight excluding hydrogens is 201 g/mol. The average Bonchev–Trinajstić information content (AvgIpc) is 2.77. The fraction of sp³-hybridized carbons (Fsp3) is 0.357. The number of rotatable bonds is 4. The van der Waals surface area contributed by atoms with Gasteiger partial charge in [-0.15, -0.1) is 0 Å². The minimum atomic E-state index is -0.246. The maximum absolute atomic E-state index is 12.9. The van der Waals surface area contributed by atoms with E-state index in [1.807, 2.05) is 24.4 Å². The first-order valence-electron chi connectivity index (χ1n) is 5.76. The zero-order chi connectivity index (χ0) is 11.4. The summed E-state index contributed by atoms with van der Waals surface area (Å²) in [7, 11) is 0. The Kier molecular flexibility index (Phi) is 3.18. The molecule has 1 aromatic rings. The minimum absolute atomic E-state index is 0.194. The number of hydrogen-bond acceptors (Lipinski definition) is 1. The summed E-state index contributed by atoms with van der Waals surface area (Å²) in [5, 5.41) is 0. The zero-order valence-corrected chi connectivity index (χ0v) is 9.49. The molecule has 0 aliphatic carbocycles. The molecule has 0 fully saturated rings. The van der Waals surface area contributed by atoms with Crippen molar-refractivity contribution >= 4 is 6.21 Å². The van der Waals surface area contributed by atoms with E-state index in [0.29, 0.717) is 0 Å². The van der Waals surface area contributed by atoms with Gasteiger partial charge in [0.05, 0.1) is 0 Å². The molecule has 0 bridgehead atoms. The molecule has 1 unspecified atom stereocenters. The van der Waals surface area contributed by atoms with Gasteiger partial charge in [0.2, 0.25) is 0 Å². The molecule has 1 atom stereocenters. The molecule has 2 heteroatoms. The quantitative estimate of drug-likeness (QED) is 0.726.